The minimum absolute atomic E-state index is 0.100. The third kappa shape index (κ3) is 3.43. The lowest BCUT2D eigenvalue weighted by Crippen LogP contribution is -2.36. The number of carbonyl (C=O) groups excluding carboxylic acids is 3. The number of hydrogen-bond donors (Lipinski definition) is 1. The van der Waals surface area contributed by atoms with Gasteiger partial charge >= 0.3 is 0 Å². The van der Waals surface area contributed by atoms with Crippen LogP contribution in [-0.2, 0) is 4.74 Å². The van der Waals surface area contributed by atoms with Crippen LogP contribution in [0.5, 0.6) is 0 Å². The van der Waals surface area contributed by atoms with Crippen LogP contribution in [0.4, 0.5) is 0 Å². The Hall–Kier alpha value is -2.99. The summed E-state index contributed by atoms with van der Waals surface area (Å²) < 4.78 is 5.55. The summed E-state index contributed by atoms with van der Waals surface area (Å²) >= 11 is 0. The molecule has 0 bridgehead atoms. The van der Waals surface area contributed by atoms with Crippen LogP contribution in [0, 0.1) is 0 Å². The summed E-state index contributed by atoms with van der Waals surface area (Å²) in [5, 5.41) is 2.93. The molecule has 144 valence electrons. The van der Waals surface area contributed by atoms with Crippen molar-refractivity contribution < 1.29 is 19.1 Å². The smallest absolute Gasteiger partial charge is 0.261 e. The molecule has 0 radical (unpaired) electrons. The van der Waals surface area contributed by atoms with E-state index >= 15 is 0 Å². The van der Waals surface area contributed by atoms with Crippen LogP contribution < -0.4 is 5.32 Å². The first-order chi connectivity index (χ1) is 13.5. The van der Waals surface area contributed by atoms with Gasteiger partial charge in [0.25, 0.3) is 17.7 Å². The highest BCUT2D eigenvalue weighted by Gasteiger charge is 2.38. The van der Waals surface area contributed by atoms with Gasteiger partial charge < -0.3 is 10.1 Å². The number of nitrogens with one attached hydrogen (secondary N) is 1. The van der Waals surface area contributed by atoms with Crippen molar-refractivity contribution in [2.75, 3.05) is 13.2 Å². The molecule has 4 rings (SSSR count). The summed E-state index contributed by atoms with van der Waals surface area (Å²) in [5.74, 6) is -0.960. The lowest BCUT2D eigenvalue weighted by Gasteiger charge is -2.17. The number of rotatable bonds is 5. The molecule has 2 aromatic carbocycles. The number of ether oxygens (including phenoxy) is 1. The second-order valence-electron chi connectivity index (χ2n) is 7.22. The Bertz CT molecular complexity index is 919. The van der Waals surface area contributed by atoms with Crippen molar-refractivity contribution in [2.24, 2.45) is 0 Å². The maximum absolute atomic E-state index is 12.7. The van der Waals surface area contributed by atoms with E-state index in [1.807, 2.05) is 37.3 Å². The number of imide groups is 1. The van der Waals surface area contributed by atoms with E-state index in [2.05, 4.69) is 5.32 Å². The van der Waals surface area contributed by atoms with Crippen LogP contribution in [-0.4, -0.2) is 41.9 Å². The predicted octanol–water partition coefficient (Wildman–Crippen LogP) is 2.95. The van der Waals surface area contributed by atoms with Gasteiger partial charge in [0.15, 0.2) is 0 Å². The van der Waals surface area contributed by atoms with Crippen molar-refractivity contribution in [1.29, 1.82) is 0 Å². The molecule has 2 aromatic rings. The molecule has 2 aliphatic heterocycles. The van der Waals surface area contributed by atoms with Crippen molar-refractivity contribution in [1.82, 2.24) is 10.2 Å². The van der Waals surface area contributed by atoms with E-state index in [0.29, 0.717) is 17.7 Å². The van der Waals surface area contributed by atoms with Gasteiger partial charge in [0.05, 0.1) is 29.8 Å². The van der Waals surface area contributed by atoms with Gasteiger partial charge in [-0.1, -0.05) is 30.3 Å². The molecule has 1 saturated heterocycles. The molecule has 0 unspecified atom stereocenters. The summed E-state index contributed by atoms with van der Waals surface area (Å²) in [4.78, 5) is 39.2. The number of hydrogen-bond acceptors (Lipinski definition) is 4. The molecule has 2 aliphatic rings. The zero-order valence-electron chi connectivity index (χ0n) is 15.7. The van der Waals surface area contributed by atoms with Gasteiger partial charge in [-0.2, -0.15) is 0 Å². The van der Waals surface area contributed by atoms with E-state index in [4.69, 9.17) is 4.74 Å². The molecule has 0 aliphatic carbocycles. The van der Waals surface area contributed by atoms with E-state index in [1.54, 1.807) is 12.1 Å². The molecule has 0 aromatic heterocycles. The van der Waals surface area contributed by atoms with Crippen molar-refractivity contribution in [3.05, 3.63) is 70.8 Å². The largest absolute Gasteiger partial charge is 0.376 e. The van der Waals surface area contributed by atoms with Crippen molar-refractivity contribution in [2.45, 2.75) is 31.9 Å². The Morgan fingerprint density at radius 1 is 1.14 bits per heavy atom. The van der Waals surface area contributed by atoms with Crippen LogP contribution in [0.2, 0.25) is 0 Å². The zero-order chi connectivity index (χ0) is 19.7. The average Bonchev–Trinajstić information content (AvgIpc) is 3.31. The molecule has 28 heavy (non-hydrogen) atoms. The monoisotopic (exact) mass is 378 g/mol. The van der Waals surface area contributed by atoms with Crippen molar-refractivity contribution in [3.8, 4) is 0 Å². The quantitative estimate of drug-likeness (QED) is 0.812. The Morgan fingerprint density at radius 3 is 2.61 bits per heavy atom. The summed E-state index contributed by atoms with van der Waals surface area (Å²) in [7, 11) is 0. The molecule has 0 spiro atoms. The maximum atomic E-state index is 12.7. The van der Waals surface area contributed by atoms with E-state index in [1.165, 1.54) is 11.0 Å². The second-order valence-corrected chi connectivity index (χ2v) is 7.22. The van der Waals surface area contributed by atoms with Crippen LogP contribution in [0.25, 0.3) is 0 Å². The highest BCUT2D eigenvalue weighted by Crippen LogP contribution is 2.26. The van der Waals surface area contributed by atoms with Gasteiger partial charge in [0.1, 0.15) is 0 Å². The van der Waals surface area contributed by atoms with E-state index in [-0.39, 0.29) is 42.0 Å². The highest BCUT2D eigenvalue weighted by molar-refractivity contribution is 6.22. The fraction of sp³-hybridized carbons (Fsp3) is 0.318. The summed E-state index contributed by atoms with van der Waals surface area (Å²) in [6.07, 6.45) is 1.69. The fourth-order valence-corrected chi connectivity index (χ4v) is 3.69. The minimum Gasteiger partial charge on any atom is -0.376 e. The number of fused-ring (bicyclic) bond motifs is 1. The number of carbonyl (C=O) groups is 3. The Labute approximate surface area is 163 Å². The van der Waals surface area contributed by atoms with E-state index in [9.17, 15) is 14.4 Å². The van der Waals surface area contributed by atoms with E-state index in [0.717, 1.165) is 18.4 Å². The van der Waals surface area contributed by atoms with Gasteiger partial charge in [0, 0.05) is 12.2 Å². The first-order valence-electron chi connectivity index (χ1n) is 9.52. The van der Waals surface area contributed by atoms with Gasteiger partial charge in [-0.3, -0.25) is 19.3 Å². The Balaban J connectivity index is 1.50. The summed E-state index contributed by atoms with van der Waals surface area (Å²) in [5.41, 5.74) is 1.98. The standard InChI is InChI=1S/C22H22N2O4/c1-14(15-6-3-2-4-7-15)23-20(25)16-9-10-18-19(12-16)22(27)24(21(18)26)13-17-8-5-11-28-17/h2-4,6-7,9-10,12,14,17H,5,8,11,13H2,1H3,(H,23,25)/t14-,17-/m0/s1. The molecule has 6 nitrogen and oxygen atoms in total. The molecule has 6 heteroatoms. The lowest BCUT2D eigenvalue weighted by molar-refractivity contribution is 0.0475. The van der Waals surface area contributed by atoms with Crippen LogP contribution in [0.1, 0.15) is 62.4 Å². The number of nitrogens with zero attached hydrogens (tertiary/aromatic N) is 1. The van der Waals surface area contributed by atoms with Gasteiger partial charge in [-0.05, 0) is 43.5 Å². The third-order valence-corrected chi connectivity index (χ3v) is 5.29. The first-order valence-corrected chi connectivity index (χ1v) is 9.52. The molecule has 1 N–H and O–H groups in total. The Morgan fingerprint density at radius 2 is 1.89 bits per heavy atom. The van der Waals surface area contributed by atoms with Crippen molar-refractivity contribution >= 4 is 17.7 Å². The topological polar surface area (TPSA) is 75.7 Å². The number of amides is 3. The van der Waals surface area contributed by atoms with Crippen LogP contribution in [0.15, 0.2) is 48.5 Å². The predicted molar refractivity (Wildman–Crippen MR) is 103 cm³/mol. The van der Waals surface area contributed by atoms with Crippen LogP contribution in [0.3, 0.4) is 0 Å². The Kier molecular flexibility index (Phi) is 4.96. The molecule has 0 saturated carbocycles. The summed E-state index contributed by atoms with van der Waals surface area (Å²) in [6.45, 7) is 2.83. The fourth-order valence-electron chi connectivity index (χ4n) is 3.69. The van der Waals surface area contributed by atoms with Crippen molar-refractivity contribution in [3.63, 3.8) is 0 Å². The SMILES string of the molecule is C[C@H](NC(=O)c1ccc2c(c1)C(=O)N(C[C@@H]1CCCO1)C2=O)c1ccccc1. The maximum Gasteiger partial charge on any atom is 0.261 e. The molecule has 2 atom stereocenters. The van der Waals surface area contributed by atoms with Gasteiger partial charge in [-0.15, -0.1) is 0 Å². The average molecular weight is 378 g/mol. The highest BCUT2D eigenvalue weighted by atomic mass is 16.5. The normalized spacial score (nSPS) is 19.6. The second kappa shape index (κ2) is 7.56. The van der Waals surface area contributed by atoms with E-state index < -0.39 is 0 Å². The van der Waals surface area contributed by atoms with Gasteiger partial charge in [-0.25, -0.2) is 0 Å². The molecular weight excluding hydrogens is 356 g/mol. The summed E-state index contributed by atoms with van der Waals surface area (Å²) in [6, 6.07) is 14.1. The lowest BCUT2D eigenvalue weighted by atomic mass is 10.0. The third-order valence-electron chi connectivity index (χ3n) is 5.29. The van der Waals surface area contributed by atoms with Gasteiger partial charge in [0.2, 0.25) is 0 Å². The first kappa shape index (κ1) is 18.4. The molecule has 1 fully saturated rings. The minimum atomic E-state index is -0.360. The van der Waals surface area contributed by atoms with Crippen LogP contribution >= 0.6 is 0 Å². The zero-order valence-corrected chi connectivity index (χ0v) is 15.7. The molecule has 2 heterocycles. The molecule has 3 amide bonds. The number of benzene rings is 2. The molecular formula is C22H22N2O4.